The van der Waals surface area contributed by atoms with Gasteiger partial charge in [0.15, 0.2) is 0 Å². The van der Waals surface area contributed by atoms with Crippen LogP contribution in [0, 0.1) is 5.92 Å². The van der Waals surface area contributed by atoms with Gasteiger partial charge in [0.2, 0.25) is 0 Å². The molecule has 1 rings (SSSR count). The van der Waals surface area contributed by atoms with Crippen molar-refractivity contribution in [3.05, 3.63) is 41.7 Å². The Morgan fingerprint density at radius 1 is 1.36 bits per heavy atom. The summed E-state index contributed by atoms with van der Waals surface area (Å²) in [6.45, 7) is 8.12. The van der Waals surface area contributed by atoms with Crippen molar-refractivity contribution in [1.29, 1.82) is 0 Å². The Labute approximate surface area is 131 Å². The van der Waals surface area contributed by atoms with Gasteiger partial charge >= 0.3 is 0 Å². The molecule has 1 amide bonds. The summed E-state index contributed by atoms with van der Waals surface area (Å²) < 4.78 is 18.3. The van der Waals surface area contributed by atoms with Crippen LogP contribution in [0.5, 0.6) is 5.75 Å². The highest BCUT2D eigenvalue weighted by molar-refractivity contribution is 5.94. The lowest BCUT2D eigenvalue weighted by molar-refractivity contribution is 0.0919. The predicted octanol–water partition coefficient (Wildman–Crippen LogP) is 3.04. The molecule has 0 bridgehead atoms. The molecule has 0 fully saturated rings. The number of amides is 1. The minimum absolute atomic E-state index is 0.0677. The Kier molecular flexibility index (Phi) is 6.56. The smallest absolute Gasteiger partial charge is 0.251 e. The Morgan fingerprint density at radius 3 is 2.41 bits per heavy atom. The Bertz CT molecular complexity index is 518. The fourth-order valence-corrected chi connectivity index (χ4v) is 1.71. The van der Waals surface area contributed by atoms with Gasteiger partial charge in [0.05, 0.1) is 6.33 Å². The zero-order valence-corrected chi connectivity index (χ0v) is 13.7. The summed E-state index contributed by atoms with van der Waals surface area (Å²) in [5, 5.41) is 2.88. The normalized spacial score (nSPS) is 13.6. The van der Waals surface area contributed by atoms with E-state index >= 15 is 0 Å². The zero-order chi connectivity index (χ0) is 16.8. The first-order valence-electron chi connectivity index (χ1n) is 7.31. The molecule has 1 aromatic carbocycles. The maximum absolute atomic E-state index is 12.8. The summed E-state index contributed by atoms with van der Waals surface area (Å²) in [5.41, 5.74) is 6.29. The minimum atomic E-state index is -0.286. The van der Waals surface area contributed by atoms with Crippen molar-refractivity contribution in [3.8, 4) is 5.75 Å². The molecule has 22 heavy (non-hydrogen) atoms. The molecule has 3 N–H and O–H groups in total. The first kappa shape index (κ1) is 18.2. The number of benzene rings is 1. The molecular formula is C17H25FN2O2. The molecular weight excluding hydrogens is 283 g/mol. The minimum Gasteiger partial charge on any atom is -0.489 e. The van der Waals surface area contributed by atoms with E-state index in [2.05, 4.69) is 5.32 Å². The van der Waals surface area contributed by atoms with E-state index in [1.165, 1.54) is 0 Å². The molecule has 0 heterocycles. The van der Waals surface area contributed by atoms with Crippen LogP contribution in [-0.4, -0.2) is 24.6 Å². The van der Waals surface area contributed by atoms with Crippen LogP contribution >= 0.6 is 0 Å². The average Bonchev–Trinajstić information content (AvgIpc) is 2.46. The fraction of sp³-hybridized carbons (Fsp3) is 0.471. The lowest BCUT2D eigenvalue weighted by Gasteiger charge is -2.20. The van der Waals surface area contributed by atoms with Crippen LogP contribution in [-0.2, 0) is 0 Å². The molecule has 0 aromatic heterocycles. The van der Waals surface area contributed by atoms with Gasteiger partial charge < -0.3 is 15.8 Å². The molecule has 0 spiro atoms. The second-order valence-corrected chi connectivity index (χ2v) is 6.34. The van der Waals surface area contributed by atoms with Crippen LogP contribution in [0.1, 0.15) is 38.1 Å². The highest BCUT2D eigenvalue weighted by Gasteiger charge is 2.15. The Balaban J connectivity index is 2.64. The van der Waals surface area contributed by atoms with Gasteiger partial charge in [0.1, 0.15) is 12.4 Å². The van der Waals surface area contributed by atoms with E-state index in [9.17, 15) is 9.18 Å². The van der Waals surface area contributed by atoms with E-state index in [4.69, 9.17) is 10.5 Å². The molecule has 5 heteroatoms. The van der Waals surface area contributed by atoms with Crippen molar-refractivity contribution in [2.24, 2.45) is 11.7 Å². The van der Waals surface area contributed by atoms with E-state index in [0.717, 1.165) is 0 Å². The molecule has 1 unspecified atom stereocenters. The van der Waals surface area contributed by atoms with Crippen LogP contribution < -0.4 is 15.8 Å². The Hall–Kier alpha value is -1.88. The number of rotatable bonds is 6. The lowest BCUT2D eigenvalue weighted by atomic mass is 10.0. The fourth-order valence-electron chi connectivity index (χ4n) is 1.71. The van der Waals surface area contributed by atoms with Gasteiger partial charge in [-0.1, -0.05) is 6.92 Å². The molecule has 0 saturated heterocycles. The molecule has 0 radical (unpaired) electrons. The largest absolute Gasteiger partial charge is 0.489 e. The number of hydrogen-bond acceptors (Lipinski definition) is 3. The molecule has 0 saturated carbocycles. The van der Waals surface area contributed by atoms with Gasteiger partial charge in [-0.15, -0.1) is 0 Å². The summed E-state index contributed by atoms with van der Waals surface area (Å²) in [5.74, 6) is 0.373. The summed E-state index contributed by atoms with van der Waals surface area (Å²) in [6.07, 6.45) is 0.544. The van der Waals surface area contributed by atoms with Crippen molar-refractivity contribution in [2.75, 3.05) is 13.2 Å². The zero-order valence-electron chi connectivity index (χ0n) is 13.7. The predicted molar refractivity (Wildman–Crippen MR) is 86.6 cm³/mol. The molecule has 4 nitrogen and oxygen atoms in total. The maximum Gasteiger partial charge on any atom is 0.251 e. The average molecular weight is 308 g/mol. The monoisotopic (exact) mass is 308 g/mol. The quantitative estimate of drug-likeness (QED) is 0.849. The van der Waals surface area contributed by atoms with Crippen LogP contribution in [0.4, 0.5) is 4.39 Å². The second kappa shape index (κ2) is 7.94. The molecule has 1 atom stereocenters. The van der Waals surface area contributed by atoms with E-state index in [1.54, 1.807) is 24.3 Å². The summed E-state index contributed by atoms with van der Waals surface area (Å²) in [4.78, 5) is 12.0. The van der Waals surface area contributed by atoms with E-state index in [-0.39, 0.29) is 24.0 Å². The van der Waals surface area contributed by atoms with Crippen molar-refractivity contribution >= 4 is 5.91 Å². The second-order valence-electron chi connectivity index (χ2n) is 6.34. The molecule has 1 aromatic rings. The number of nitrogens with two attached hydrogens (primary N) is 1. The van der Waals surface area contributed by atoms with Crippen LogP contribution in [0.15, 0.2) is 36.2 Å². The first-order chi connectivity index (χ1) is 10.3. The van der Waals surface area contributed by atoms with Gasteiger partial charge in [0, 0.05) is 11.1 Å². The highest BCUT2D eigenvalue weighted by atomic mass is 19.1. The number of carbonyl (C=O) groups is 1. The topological polar surface area (TPSA) is 64.3 Å². The summed E-state index contributed by atoms with van der Waals surface area (Å²) in [7, 11) is 0. The van der Waals surface area contributed by atoms with Gasteiger partial charge in [-0.3, -0.25) is 4.79 Å². The number of carbonyl (C=O) groups excluding carboxylic acids is 1. The molecule has 122 valence electrons. The third kappa shape index (κ3) is 5.85. The summed E-state index contributed by atoms with van der Waals surface area (Å²) >= 11 is 0. The van der Waals surface area contributed by atoms with E-state index < -0.39 is 0 Å². The Morgan fingerprint density at radius 2 is 1.95 bits per heavy atom. The van der Waals surface area contributed by atoms with Crippen LogP contribution in [0.3, 0.4) is 0 Å². The van der Waals surface area contributed by atoms with Crippen molar-refractivity contribution < 1.29 is 13.9 Å². The highest BCUT2D eigenvalue weighted by Crippen LogP contribution is 2.16. The third-order valence-electron chi connectivity index (χ3n) is 3.14. The lowest BCUT2D eigenvalue weighted by Crippen LogP contribution is -2.40. The standard InChI is InChI=1S/C17H25FN2O2/c1-12(10-19)14(9-18)11-22-15-7-5-13(6-8-15)16(21)20-17(2,3)4/h5-9,12H,10-11,19H2,1-4H3,(H,20,21)/b14-9+. The van der Waals surface area contributed by atoms with Crippen LogP contribution in [0.2, 0.25) is 0 Å². The summed E-state index contributed by atoms with van der Waals surface area (Å²) in [6, 6.07) is 6.75. The number of ether oxygens (including phenoxy) is 1. The number of hydrogen-bond donors (Lipinski definition) is 2. The van der Waals surface area contributed by atoms with E-state index in [1.807, 2.05) is 27.7 Å². The van der Waals surface area contributed by atoms with Crippen molar-refractivity contribution in [2.45, 2.75) is 33.2 Å². The third-order valence-corrected chi connectivity index (χ3v) is 3.14. The van der Waals surface area contributed by atoms with Crippen LogP contribution in [0.25, 0.3) is 0 Å². The molecule has 0 aliphatic heterocycles. The number of nitrogens with one attached hydrogen (secondary N) is 1. The first-order valence-corrected chi connectivity index (χ1v) is 7.31. The molecule has 0 aliphatic carbocycles. The van der Waals surface area contributed by atoms with Crippen molar-refractivity contribution in [1.82, 2.24) is 5.32 Å². The van der Waals surface area contributed by atoms with E-state index in [0.29, 0.717) is 29.8 Å². The van der Waals surface area contributed by atoms with Gasteiger partial charge in [-0.2, -0.15) is 0 Å². The van der Waals surface area contributed by atoms with Crippen molar-refractivity contribution in [3.63, 3.8) is 0 Å². The van der Waals surface area contributed by atoms with Gasteiger partial charge in [0.25, 0.3) is 5.91 Å². The molecule has 0 aliphatic rings. The van der Waals surface area contributed by atoms with Gasteiger partial charge in [-0.05, 0) is 63.1 Å². The number of halogens is 1. The maximum atomic E-state index is 12.8. The van der Waals surface area contributed by atoms with Gasteiger partial charge in [-0.25, -0.2) is 4.39 Å². The SMILES string of the molecule is CC(CN)/C(=C/F)COc1ccc(C(=O)NC(C)(C)C)cc1.